The van der Waals surface area contributed by atoms with E-state index in [4.69, 9.17) is 4.52 Å². The van der Waals surface area contributed by atoms with E-state index in [0.717, 1.165) is 22.2 Å². The number of hydrogen-bond acceptors (Lipinski definition) is 2. The van der Waals surface area contributed by atoms with Crippen molar-refractivity contribution < 1.29 is 9.42 Å². The van der Waals surface area contributed by atoms with E-state index >= 15 is 0 Å². The van der Waals surface area contributed by atoms with Crippen molar-refractivity contribution in [3.8, 4) is 16.9 Å². The molecule has 0 amide bonds. The largest absolute Gasteiger partial charge is 0.444 e. The monoisotopic (exact) mass is 378 g/mol. The lowest BCUT2D eigenvalue weighted by Crippen LogP contribution is -2.06. The second-order valence-electron chi connectivity index (χ2n) is 7.38. The average molecular weight is 378 g/mol. The minimum atomic E-state index is -1.70. The summed E-state index contributed by atoms with van der Waals surface area (Å²) < 4.78 is 5.99. The van der Waals surface area contributed by atoms with E-state index in [1.807, 2.05) is 48.5 Å². The average Bonchev–Trinajstić information content (AvgIpc) is 2.68. The van der Waals surface area contributed by atoms with Crippen LogP contribution < -0.4 is 9.83 Å². The lowest BCUT2D eigenvalue weighted by atomic mass is 9.95. The summed E-state index contributed by atoms with van der Waals surface area (Å²) in [6.07, 6.45) is 0. The normalized spacial score (nSPS) is 12.4. The predicted molar refractivity (Wildman–Crippen MR) is 116 cm³/mol. The number of rotatable bonds is 6. The van der Waals surface area contributed by atoms with Crippen molar-refractivity contribution in [2.75, 3.05) is 0 Å². The molecule has 0 saturated heterocycles. The second-order valence-corrected chi connectivity index (χ2v) is 8.63. The van der Waals surface area contributed by atoms with Gasteiger partial charge in [0.2, 0.25) is 0 Å². The Balaban J connectivity index is 1.80. The van der Waals surface area contributed by atoms with Gasteiger partial charge in [-0.05, 0) is 52.3 Å². The SMILES string of the molecule is CC(C)c1ccc(OP(O)c2ccc(-c3ccccc3)cc2)c(C(C)C)c1. The molecule has 0 aliphatic heterocycles. The molecular weight excluding hydrogens is 351 g/mol. The summed E-state index contributed by atoms with van der Waals surface area (Å²) in [5, 5.41) is 0.812. The van der Waals surface area contributed by atoms with Gasteiger partial charge in [0.15, 0.2) is 0 Å². The summed E-state index contributed by atoms with van der Waals surface area (Å²) in [7, 11) is -1.70. The van der Waals surface area contributed by atoms with Crippen LogP contribution in [0.2, 0.25) is 0 Å². The zero-order valence-electron chi connectivity index (χ0n) is 16.4. The third-order valence-corrected chi connectivity index (χ3v) is 5.81. The van der Waals surface area contributed by atoms with Crippen LogP contribution in [0.1, 0.15) is 50.7 Å². The molecule has 3 rings (SSSR count). The van der Waals surface area contributed by atoms with Crippen molar-refractivity contribution >= 4 is 13.7 Å². The standard InChI is InChI=1S/C24H27O2P/c1-17(2)21-12-15-24(23(16-21)18(3)4)26-27(25)22-13-10-20(11-14-22)19-8-6-5-7-9-19/h5-18,25H,1-4H3. The Labute approximate surface area is 163 Å². The highest BCUT2D eigenvalue weighted by Gasteiger charge is 2.16. The van der Waals surface area contributed by atoms with Gasteiger partial charge in [-0.25, -0.2) is 0 Å². The second kappa shape index (κ2) is 8.69. The van der Waals surface area contributed by atoms with E-state index in [0.29, 0.717) is 11.8 Å². The van der Waals surface area contributed by atoms with E-state index < -0.39 is 8.38 Å². The maximum Gasteiger partial charge on any atom is 0.262 e. The van der Waals surface area contributed by atoms with Crippen LogP contribution in [0.5, 0.6) is 5.75 Å². The van der Waals surface area contributed by atoms with Crippen molar-refractivity contribution in [3.05, 3.63) is 83.9 Å². The summed E-state index contributed by atoms with van der Waals surface area (Å²) in [5.74, 6) is 1.58. The fourth-order valence-corrected chi connectivity index (χ4v) is 3.88. The van der Waals surface area contributed by atoms with Crippen molar-refractivity contribution in [1.82, 2.24) is 0 Å². The molecule has 0 fully saturated rings. The first kappa shape index (κ1) is 19.6. The van der Waals surface area contributed by atoms with Crippen LogP contribution >= 0.6 is 8.38 Å². The van der Waals surface area contributed by atoms with Gasteiger partial charge in [-0.15, -0.1) is 0 Å². The Morgan fingerprint density at radius 2 is 1.37 bits per heavy atom. The van der Waals surface area contributed by atoms with Gasteiger partial charge in [-0.2, -0.15) is 0 Å². The maximum absolute atomic E-state index is 10.7. The minimum absolute atomic E-state index is 0.336. The molecule has 0 aliphatic carbocycles. The molecule has 0 spiro atoms. The maximum atomic E-state index is 10.7. The Hall–Kier alpha value is -2.15. The minimum Gasteiger partial charge on any atom is -0.444 e. The fourth-order valence-electron chi connectivity index (χ4n) is 3.02. The van der Waals surface area contributed by atoms with Crippen molar-refractivity contribution in [2.45, 2.75) is 39.5 Å². The Morgan fingerprint density at radius 1 is 0.741 bits per heavy atom. The molecule has 1 unspecified atom stereocenters. The number of benzene rings is 3. The number of hydrogen-bond donors (Lipinski definition) is 1. The summed E-state index contributed by atoms with van der Waals surface area (Å²) >= 11 is 0. The van der Waals surface area contributed by atoms with Crippen LogP contribution in [0.4, 0.5) is 0 Å². The molecule has 0 aromatic heterocycles. The van der Waals surface area contributed by atoms with Gasteiger partial charge in [0.1, 0.15) is 5.75 Å². The first-order valence-corrected chi connectivity index (χ1v) is 10.6. The molecule has 27 heavy (non-hydrogen) atoms. The quantitative estimate of drug-likeness (QED) is 0.489. The van der Waals surface area contributed by atoms with Crippen LogP contribution in [0, 0.1) is 0 Å². The molecule has 3 heteroatoms. The molecular formula is C24H27O2P. The fraction of sp³-hybridized carbons (Fsp3) is 0.250. The van der Waals surface area contributed by atoms with E-state index in [1.165, 1.54) is 11.1 Å². The Morgan fingerprint density at radius 3 is 1.96 bits per heavy atom. The van der Waals surface area contributed by atoms with Crippen molar-refractivity contribution in [2.24, 2.45) is 0 Å². The van der Waals surface area contributed by atoms with Crippen LogP contribution in [0.15, 0.2) is 72.8 Å². The van der Waals surface area contributed by atoms with Crippen LogP contribution in [-0.2, 0) is 0 Å². The molecule has 0 radical (unpaired) electrons. The van der Waals surface area contributed by atoms with Gasteiger partial charge < -0.3 is 9.42 Å². The zero-order valence-corrected chi connectivity index (χ0v) is 17.3. The molecule has 140 valence electrons. The molecule has 1 atom stereocenters. The summed E-state index contributed by atoms with van der Waals surface area (Å²) in [6.45, 7) is 8.68. The molecule has 0 bridgehead atoms. The highest BCUT2D eigenvalue weighted by atomic mass is 31.2. The first-order valence-electron chi connectivity index (χ1n) is 9.42. The first-order chi connectivity index (χ1) is 13.0. The van der Waals surface area contributed by atoms with Crippen LogP contribution in [-0.4, -0.2) is 4.89 Å². The van der Waals surface area contributed by atoms with Gasteiger partial charge in [0, 0.05) is 5.30 Å². The lowest BCUT2D eigenvalue weighted by molar-refractivity contribution is 0.493. The van der Waals surface area contributed by atoms with Crippen molar-refractivity contribution in [1.29, 1.82) is 0 Å². The summed E-state index contributed by atoms with van der Waals surface area (Å²) in [6, 6.07) is 24.5. The molecule has 0 saturated carbocycles. The third kappa shape index (κ3) is 4.77. The smallest absolute Gasteiger partial charge is 0.262 e. The Bertz CT molecular complexity index is 871. The van der Waals surface area contributed by atoms with E-state index in [2.05, 4.69) is 52.0 Å². The molecule has 1 N–H and O–H groups in total. The topological polar surface area (TPSA) is 29.5 Å². The molecule has 0 aliphatic rings. The van der Waals surface area contributed by atoms with Gasteiger partial charge in [-0.3, -0.25) is 0 Å². The van der Waals surface area contributed by atoms with Gasteiger partial charge in [0.25, 0.3) is 8.38 Å². The molecule has 3 aromatic carbocycles. The molecule has 3 aromatic rings. The molecule has 2 nitrogen and oxygen atoms in total. The van der Waals surface area contributed by atoms with Crippen LogP contribution in [0.3, 0.4) is 0 Å². The van der Waals surface area contributed by atoms with Crippen molar-refractivity contribution in [3.63, 3.8) is 0 Å². The molecule has 0 heterocycles. The highest BCUT2D eigenvalue weighted by molar-refractivity contribution is 7.55. The van der Waals surface area contributed by atoms with E-state index in [1.54, 1.807) is 0 Å². The van der Waals surface area contributed by atoms with Gasteiger partial charge in [-0.1, -0.05) is 82.3 Å². The van der Waals surface area contributed by atoms with Gasteiger partial charge >= 0.3 is 0 Å². The van der Waals surface area contributed by atoms with E-state index in [9.17, 15) is 4.89 Å². The van der Waals surface area contributed by atoms with Crippen LogP contribution in [0.25, 0.3) is 11.1 Å². The predicted octanol–water partition coefficient (Wildman–Crippen LogP) is 6.61. The zero-order chi connectivity index (χ0) is 19.4. The highest BCUT2D eigenvalue weighted by Crippen LogP contribution is 2.39. The van der Waals surface area contributed by atoms with Gasteiger partial charge in [0.05, 0.1) is 0 Å². The summed E-state index contributed by atoms with van der Waals surface area (Å²) in [5.41, 5.74) is 4.73. The lowest BCUT2D eigenvalue weighted by Gasteiger charge is -2.19. The third-order valence-electron chi connectivity index (χ3n) is 4.70. The Kier molecular flexibility index (Phi) is 6.31. The van der Waals surface area contributed by atoms with E-state index in [-0.39, 0.29) is 0 Å². The summed E-state index contributed by atoms with van der Waals surface area (Å²) in [4.78, 5) is 10.7.